The second-order valence-electron chi connectivity index (χ2n) is 0.513. The van der Waals surface area contributed by atoms with Crippen LogP contribution in [0.4, 0.5) is 0 Å². The minimum atomic E-state index is -4.64. The van der Waals surface area contributed by atoms with Crippen molar-refractivity contribution >= 4 is 59.2 Å². The van der Waals surface area contributed by atoms with E-state index in [4.69, 9.17) is 19.2 Å². The van der Waals surface area contributed by atoms with Crippen LogP contribution in [0.15, 0.2) is 0 Å². The van der Waals surface area contributed by atoms with Crippen LogP contribution in [0, 0.1) is 0 Å². The average Bonchev–Trinajstić information content (AvgIpc) is 0.722. The molecule has 0 bridgehead atoms. The molecule has 49 valence electrons. The van der Waals surface area contributed by atoms with Gasteiger partial charge in [0.25, 0.3) is 0 Å². The van der Waals surface area contributed by atoms with Crippen molar-refractivity contribution in [3.63, 3.8) is 0 Å². The van der Waals surface area contributed by atoms with Crippen molar-refractivity contribution in [2.45, 2.75) is 0 Å². The predicted molar refractivity (Wildman–Crippen MR) is 27.2 cm³/mol. The average molecular weight is 173 g/mol. The van der Waals surface area contributed by atoms with Crippen LogP contribution in [0.3, 0.4) is 0 Å². The Labute approximate surface area is 88.2 Å². The molecule has 0 fully saturated rings. The van der Waals surface area contributed by atoms with Gasteiger partial charge < -0.3 is 25.6 Å². The van der Waals surface area contributed by atoms with E-state index in [2.05, 4.69) is 0 Å². The van der Waals surface area contributed by atoms with Crippen molar-refractivity contribution in [2.75, 3.05) is 0 Å². The van der Waals surface area contributed by atoms with E-state index in [1.807, 2.05) is 0 Å². The van der Waals surface area contributed by atoms with Gasteiger partial charge in [-0.05, 0) is 0 Å². The number of hydrogen-bond acceptors (Lipinski definition) is 1. The quantitative estimate of drug-likeness (QED) is 0.266. The van der Waals surface area contributed by atoms with Crippen LogP contribution in [0.5, 0.6) is 0 Å². The van der Waals surface area contributed by atoms with E-state index in [0.717, 1.165) is 0 Å². The van der Waals surface area contributed by atoms with Crippen molar-refractivity contribution in [3.05, 3.63) is 0 Å². The van der Waals surface area contributed by atoms with Crippen molar-refractivity contribution in [1.82, 2.24) is 0 Å². The predicted octanol–water partition coefficient (Wildman–Crippen LogP) is -2.96. The summed E-state index contributed by atoms with van der Waals surface area (Å²) in [6, 6.07) is 0. The van der Waals surface area contributed by atoms with Crippen molar-refractivity contribution in [1.29, 1.82) is 0 Å². The molecule has 0 aromatic rings. The summed E-state index contributed by atoms with van der Waals surface area (Å²) in [6.45, 7) is 0. The molecule has 0 heterocycles. The summed E-state index contributed by atoms with van der Waals surface area (Å²) in [5, 5.41) is 0. The summed E-state index contributed by atoms with van der Waals surface area (Å²) >= 11 is 0. The van der Waals surface area contributed by atoms with E-state index in [1.165, 1.54) is 0 Å². The monoisotopic (exact) mass is 173 g/mol. The molecule has 0 rings (SSSR count). The van der Waals surface area contributed by atoms with Gasteiger partial charge in [-0.15, -0.1) is 0 Å². The van der Waals surface area contributed by atoms with Crippen molar-refractivity contribution in [2.24, 2.45) is 0 Å². The van der Waals surface area contributed by atoms with Gasteiger partial charge in [0.2, 0.25) is 0 Å². The fraction of sp³-hybridized carbons (Fsp3) is 0. The number of hydrogen-bond donors (Lipinski definition) is 3. The van der Waals surface area contributed by atoms with Gasteiger partial charge >= 0.3 is 7.82 Å². The largest absolute Gasteiger partial charge is 0.466 e. The smallest absolute Gasteiger partial charge is 0.412 e. The molecular formula is H7KO6P. The Bertz CT molecular complexity index is 54.7. The third-order valence-corrected chi connectivity index (χ3v) is 0. The second kappa shape index (κ2) is 8.67. The van der Waals surface area contributed by atoms with Crippen LogP contribution in [-0.4, -0.2) is 77.0 Å². The molecule has 0 amide bonds. The second-order valence-corrected chi connectivity index (χ2v) is 1.54. The fourth-order valence-electron chi connectivity index (χ4n) is 0. The summed E-state index contributed by atoms with van der Waals surface area (Å²) in [5.41, 5.74) is 0. The van der Waals surface area contributed by atoms with Crippen LogP contribution >= 0.6 is 7.82 Å². The van der Waals surface area contributed by atoms with Gasteiger partial charge in [-0.2, -0.15) is 0 Å². The Morgan fingerprint density at radius 3 is 1.00 bits per heavy atom. The van der Waals surface area contributed by atoms with E-state index in [1.54, 1.807) is 0 Å². The molecule has 0 aromatic carbocycles. The number of rotatable bonds is 0. The van der Waals surface area contributed by atoms with Crippen LogP contribution in [0.25, 0.3) is 0 Å². The molecule has 0 unspecified atom stereocenters. The first-order valence-corrected chi connectivity index (χ1v) is 2.35. The first kappa shape index (κ1) is 22.6. The fourth-order valence-corrected chi connectivity index (χ4v) is 0. The Balaban J connectivity index is -0.0000000267. The molecule has 1 radical (unpaired) electrons. The molecule has 0 aliphatic carbocycles. The first-order valence-electron chi connectivity index (χ1n) is 0.783. The summed E-state index contributed by atoms with van der Waals surface area (Å²) in [7, 11) is -4.64. The molecular weight excluding hydrogens is 166 g/mol. The molecule has 0 saturated heterocycles. The maximum atomic E-state index is 8.88. The Hall–Kier alpha value is 1.67. The molecule has 6 nitrogen and oxygen atoms in total. The van der Waals surface area contributed by atoms with Gasteiger partial charge in [0.15, 0.2) is 0 Å². The summed E-state index contributed by atoms with van der Waals surface area (Å²) in [5.74, 6) is 0. The summed E-state index contributed by atoms with van der Waals surface area (Å²) in [6.07, 6.45) is 0. The van der Waals surface area contributed by atoms with Crippen LogP contribution in [0.1, 0.15) is 0 Å². The molecule has 0 aromatic heterocycles. The SMILES string of the molecule is O.O.O=P(O)(O)O.[K]. The minimum absolute atomic E-state index is 0. The van der Waals surface area contributed by atoms with Gasteiger partial charge in [0, 0.05) is 51.4 Å². The van der Waals surface area contributed by atoms with Crippen LogP contribution in [0.2, 0.25) is 0 Å². The van der Waals surface area contributed by atoms with E-state index in [9.17, 15) is 0 Å². The molecule has 8 heteroatoms. The van der Waals surface area contributed by atoms with E-state index < -0.39 is 7.82 Å². The molecule has 7 N–H and O–H groups in total. The topological polar surface area (TPSA) is 141 Å². The molecule has 0 aliphatic heterocycles. The molecule has 0 atom stereocenters. The zero-order chi connectivity index (χ0) is 4.50. The Kier molecular flexibility index (Phi) is 24.5. The third-order valence-electron chi connectivity index (χ3n) is 0. The first-order chi connectivity index (χ1) is 2.00. The molecule has 8 heavy (non-hydrogen) atoms. The molecule has 0 aliphatic rings. The maximum Gasteiger partial charge on any atom is 0.466 e. The van der Waals surface area contributed by atoms with Gasteiger partial charge in [0.05, 0.1) is 0 Å². The van der Waals surface area contributed by atoms with Gasteiger partial charge in [-0.25, -0.2) is 4.57 Å². The normalized spacial score (nSPS) is 7.38. The summed E-state index contributed by atoms with van der Waals surface area (Å²) < 4.78 is 8.88. The van der Waals surface area contributed by atoms with Gasteiger partial charge in [-0.1, -0.05) is 0 Å². The molecule has 0 saturated carbocycles. The zero-order valence-electron chi connectivity index (χ0n) is 4.20. The van der Waals surface area contributed by atoms with E-state index in [0.29, 0.717) is 0 Å². The van der Waals surface area contributed by atoms with E-state index in [-0.39, 0.29) is 62.3 Å². The molecule has 0 spiro atoms. The van der Waals surface area contributed by atoms with E-state index >= 15 is 0 Å². The third kappa shape index (κ3) is 123. The maximum absolute atomic E-state index is 8.88. The standard InChI is InChI=1S/K.H3O4P.2H2O/c;1-5(2,3)4;;/h;(H3,1,2,3,4);2*1H2. The zero-order valence-corrected chi connectivity index (χ0v) is 8.21. The van der Waals surface area contributed by atoms with Crippen LogP contribution in [-0.2, 0) is 4.57 Å². The number of phosphoric acid groups is 1. The van der Waals surface area contributed by atoms with Crippen LogP contribution < -0.4 is 0 Å². The minimum Gasteiger partial charge on any atom is -0.412 e. The van der Waals surface area contributed by atoms with Crippen molar-refractivity contribution in [3.8, 4) is 0 Å². The van der Waals surface area contributed by atoms with Crippen molar-refractivity contribution < 1.29 is 30.2 Å². The summed E-state index contributed by atoms with van der Waals surface area (Å²) in [4.78, 5) is 21.6. The van der Waals surface area contributed by atoms with Gasteiger partial charge in [0.1, 0.15) is 0 Å². The Morgan fingerprint density at radius 2 is 1.00 bits per heavy atom. The Morgan fingerprint density at radius 1 is 1.00 bits per heavy atom. The van der Waals surface area contributed by atoms with Gasteiger partial charge in [-0.3, -0.25) is 0 Å².